The fourth-order valence-electron chi connectivity index (χ4n) is 8.63. The molecule has 0 spiro atoms. The number of rotatable bonds is 6. The molecule has 11 atom stereocenters. The largest absolute Gasteiger partial charge is 0.397 e. The first-order valence-electron chi connectivity index (χ1n) is 14.8. The smallest absolute Gasteiger partial charge is 0.396 e. The molecule has 0 bridgehead atoms. The molecule has 0 aromatic carbocycles. The van der Waals surface area contributed by atoms with Crippen molar-refractivity contribution in [3.8, 4) is 0 Å². The Kier molecular flexibility index (Phi) is 5.22. The molecular formula is C25H44O6S. The fourth-order valence-corrected chi connectivity index (χ4v) is 8.95. The Morgan fingerprint density at radius 1 is 1.16 bits per heavy atom. The quantitative estimate of drug-likeness (QED) is 0.488. The summed E-state index contributed by atoms with van der Waals surface area (Å²) in [5.41, 5.74) is -1.00. The minimum absolute atomic E-state index is 0.0435. The van der Waals surface area contributed by atoms with Crippen LogP contribution in [-0.2, 0) is 14.6 Å². The maximum Gasteiger partial charge on any atom is 0.397 e. The van der Waals surface area contributed by atoms with Crippen LogP contribution in [0.2, 0.25) is 0 Å². The van der Waals surface area contributed by atoms with Gasteiger partial charge in [0.05, 0.1) is 13.6 Å². The summed E-state index contributed by atoms with van der Waals surface area (Å²) in [6.07, 6.45) is -5.41. The highest BCUT2D eigenvalue weighted by Gasteiger charge is 2.65. The van der Waals surface area contributed by atoms with Gasteiger partial charge in [-0.1, -0.05) is 34.1 Å². The third-order valence-electron chi connectivity index (χ3n) is 10.1. The number of hydrogen-bond donors (Lipinski definition) is 3. The van der Waals surface area contributed by atoms with Gasteiger partial charge in [-0.15, -0.1) is 0 Å². The SMILES string of the molecule is [2H]C1([2H])C[C@@]2(C)[C@H]([C@@H](CC)C(O)C3[C@@H]2CC[C@]2(C)[C@@H]([C@H](C)CCO)CC[C@@H]32)C([2H])([2H])[C@]1([2H])OS(=O)(=O)O. The Labute approximate surface area is 201 Å². The Bertz CT molecular complexity index is 996. The van der Waals surface area contributed by atoms with Crippen molar-refractivity contribution >= 4 is 10.4 Å². The van der Waals surface area contributed by atoms with E-state index < -0.39 is 52.6 Å². The third-order valence-corrected chi connectivity index (χ3v) is 10.4. The minimum atomic E-state index is -5.33. The second-order valence-electron chi connectivity index (χ2n) is 11.4. The highest BCUT2D eigenvalue weighted by molar-refractivity contribution is 7.80. The number of aliphatic hydroxyl groups excluding tert-OH is 2. The fraction of sp³-hybridized carbons (Fsp3) is 1.00. The summed E-state index contributed by atoms with van der Waals surface area (Å²) in [7, 11) is -5.33. The van der Waals surface area contributed by atoms with Crippen LogP contribution in [-0.4, -0.2) is 42.0 Å². The van der Waals surface area contributed by atoms with Gasteiger partial charge < -0.3 is 10.2 Å². The summed E-state index contributed by atoms with van der Waals surface area (Å²) in [5, 5.41) is 21.5. The number of hydrogen-bond acceptors (Lipinski definition) is 5. The molecule has 4 fully saturated rings. The van der Waals surface area contributed by atoms with Gasteiger partial charge in [-0.2, -0.15) is 8.42 Å². The van der Waals surface area contributed by atoms with Crippen molar-refractivity contribution in [3.63, 3.8) is 0 Å². The van der Waals surface area contributed by atoms with Crippen molar-refractivity contribution in [3.05, 3.63) is 0 Å². The molecule has 0 aliphatic heterocycles. The van der Waals surface area contributed by atoms with E-state index in [1.54, 1.807) is 0 Å². The second kappa shape index (κ2) is 8.78. The van der Waals surface area contributed by atoms with Gasteiger partial charge in [0.1, 0.15) is 0 Å². The first kappa shape index (κ1) is 19.0. The van der Waals surface area contributed by atoms with E-state index in [2.05, 4.69) is 18.0 Å². The normalized spacial score (nSPS) is 57.5. The van der Waals surface area contributed by atoms with Crippen molar-refractivity contribution < 1.29 is 34.2 Å². The van der Waals surface area contributed by atoms with Crippen molar-refractivity contribution in [1.82, 2.24) is 0 Å². The van der Waals surface area contributed by atoms with Gasteiger partial charge in [-0.05, 0) is 104 Å². The lowest BCUT2D eigenvalue weighted by molar-refractivity contribution is -0.202. The average Bonchev–Trinajstić information content (AvgIpc) is 3.10. The summed E-state index contributed by atoms with van der Waals surface area (Å²) in [6, 6.07) is 0. The summed E-state index contributed by atoms with van der Waals surface area (Å²) in [4.78, 5) is 0. The van der Waals surface area contributed by atoms with Crippen LogP contribution in [0.15, 0.2) is 0 Å². The van der Waals surface area contributed by atoms with Crippen molar-refractivity contribution in [1.29, 1.82) is 0 Å². The van der Waals surface area contributed by atoms with Gasteiger partial charge in [0.15, 0.2) is 0 Å². The molecule has 4 aliphatic carbocycles. The molecule has 0 radical (unpaired) electrons. The molecule has 2 unspecified atom stereocenters. The summed E-state index contributed by atoms with van der Waals surface area (Å²) < 4.78 is 81.5. The summed E-state index contributed by atoms with van der Waals surface area (Å²) >= 11 is 0. The molecule has 6 nitrogen and oxygen atoms in total. The predicted molar refractivity (Wildman–Crippen MR) is 123 cm³/mol. The topological polar surface area (TPSA) is 104 Å². The van der Waals surface area contributed by atoms with E-state index in [1.165, 1.54) is 0 Å². The zero-order valence-electron chi connectivity index (χ0n) is 24.8. The van der Waals surface area contributed by atoms with E-state index in [9.17, 15) is 23.2 Å². The summed E-state index contributed by atoms with van der Waals surface area (Å²) in [5.74, 6) is -1.14. The number of aliphatic hydroxyl groups is 2. The summed E-state index contributed by atoms with van der Waals surface area (Å²) in [6.45, 7) is 8.30. The molecule has 0 aromatic rings. The molecular weight excluding hydrogens is 428 g/mol. The van der Waals surface area contributed by atoms with Gasteiger partial charge in [0, 0.05) is 12.1 Å². The molecule has 4 aliphatic rings. The van der Waals surface area contributed by atoms with Crippen molar-refractivity contribution in [2.75, 3.05) is 6.61 Å². The van der Waals surface area contributed by atoms with Crippen molar-refractivity contribution in [2.45, 2.75) is 97.6 Å². The van der Waals surface area contributed by atoms with Crippen LogP contribution in [0.1, 0.15) is 92.2 Å². The number of fused-ring (bicyclic) bond motifs is 5. The molecule has 32 heavy (non-hydrogen) atoms. The van der Waals surface area contributed by atoms with Crippen LogP contribution < -0.4 is 0 Å². The molecule has 0 aromatic heterocycles. The first-order valence-corrected chi connectivity index (χ1v) is 13.7. The van der Waals surface area contributed by atoms with E-state index in [0.717, 1.165) is 25.7 Å². The Morgan fingerprint density at radius 2 is 1.84 bits per heavy atom. The second-order valence-corrected chi connectivity index (χ2v) is 12.4. The highest BCUT2D eigenvalue weighted by Crippen LogP contribution is 2.69. The average molecular weight is 478 g/mol. The predicted octanol–water partition coefficient (Wildman–Crippen LogP) is 4.46. The molecule has 0 saturated heterocycles. The molecule has 4 saturated carbocycles. The zero-order chi connectivity index (χ0) is 28.0. The molecule has 186 valence electrons. The molecule has 4 rings (SSSR count). The monoisotopic (exact) mass is 477 g/mol. The van der Waals surface area contributed by atoms with Crippen LogP contribution in [0.4, 0.5) is 0 Å². The van der Waals surface area contributed by atoms with Crippen molar-refractivity contribution in [2.24, 2.45) is 52.3 Å². The Balaban J connectivity index is 1.81. The highest BCUT2D eigenvalue weighted by atomic mass is 32.3. The molecule has 3 N–H and O–H groups in total. The lowest BCUT2D eigenvalue weighted by atomic mass is 9.41. The van der Waals surface area contributed by atoms with Gasteiger partial charge in [0.2, 0.25) is 0 Å². The van der Waals surface area contributed by atoms with E-state index in [0.29, 0.717) is 24.7 Å². The van der Waals surface area contributed by atoms with Crippen LogP contribution in [0, 0.1) is 52.3 Å². The molecule has 7 heteroatoms. The first-order chi connectivity index (χ1) is 16.8. The zero-order valence-corrected chi connectivity index (χ0v) is 20.6. The van der Waals surface area contributed by atoms with E-state index in [1.807, 2.05) is 13.8 Å². The van der Waals surface area contributed by atoms with Gasteiger partial charge >= 0.3 is 10.4 Å². The van der Waals surface area contributed by atoms with Crippen LogP contribution >= 0.6 is 0 Å². The van der Waals surface area contributed by atoms with E-state index in [4.69, 9.17) is 6.85 Å². The van der Waals surface area contributed by atoms with E-state index in [-0.39, 0.29) is 36.2 Å². The maximum atomic E-state index is 11.9. The lowest BCUT2D eigenvalue weighted by Crippen LogP contribution is -2.62. The Hall–Kier alpha value is -0.210. The van der Waals surface area contributed by atoms with Gasteiger partial charge in [0.25, 0.3) is 0 Å². The third kappa shape index (κ3) is 3.98. The Morgan fingerprint density at radius 3 is 2.47 bits per heavy atom. The van der Waals surface area contributed by atoms with Gasteiger partial charge in [-0.3, -0.25) is 4.55 Å². The van der Waals surface area contributed by atoms with Crippen LogP contribution in [0.5, 0.6) is 0 Å². The molecule has 0 amide bonds. The standard InChI is InChI=1S/C25H44O6S/c1-5-17-21-14-16(31-32(28,29)30)8-11-25(21,4)20-9-12-24(3)18(15(2)10-13-26)6-7-19(24)22(20)23(17)27/h15-23,26-27H,5-14H2,1-4H3,(H,28,29,30)/t15-,16-,17-,18-,19+,20+,21+,22?,23?,24-,25-/m1/s1/i8D2,14D2,16D. The van der Waals surface area contributed by atoms with Crippen LogP contribution in [0.25, 0.3) is 0 Å². The van der Waals surface area contributed by atoms with Crippen LogP contribution in [0.3, 0.4) is 0 Å². The molecule has 0 heterocycles. The maximum absolute atomic E-state index is 11.9. The lowest BCUT2D eigenvalue weighted by Gasteiger charge is -2.64. The van der Waals surface area contributed by atoms with E-state index >= 15 is 0 Å². The minimum Gasteiger partial charge on any atom is -0.396 e. The van der Waals surface area contributed by atoms with Gasteiger partial charge in [-0.25, -0.2) is 4.18 Å².